The van der Waals surface area contributed by atoms with E-state index in [-0.39, 0.29) is 0 Å². The number of hydrogen-bond donors (Lipinski definition) is 1. The fourth-order valence-electron chi connectivity index (χ4n) is 3.84. The lowest BCUT2D eigenvalue weighted by Crippen LogP contribution is -2.33. The molecule has 0 amide bonds. The summed E-state index contributed by atoms with van der Waals surface area (Å²) in [4.78, 5) is 2.24. The van der Waals surface area contributed by atoms with E-state index in [0.29, 0.717) is 0 Å². The first kappa shape index (κ1) is 20.2. The van der Waals surface area contributed by atoms with Crippen LogP contribution < -0.4 is 5.32 Å². The van der Waals surface area contributed by atoms with E-state index in [0.717, 1.165) is 30.4 Å². The summed E-state index contributed by atoms with van der Waals surface area (Å²) in [5.41, 5.74) is 6.03. The van der Waals surface area contributed by atoms with E-state index in [2.05, 4.69) is 108 Å². The molecule has 0 saturated heterocycles. The van der Waals surface area contributed by atoms with Gasteiger partial charge in [0.15, 0.2) is 5.11 Å². The van der Waals surface area contributed by atoms with Crippen LogP contribution in [0.25, 0.3) is 10.9 Å². The molecule has 1 heterocycles. The van der Waals surface area contributed by atoms with Crippen molar-refractivity contribution in [3.05, 3.63) is 102 Å². The first-order valence-corrected chi connectivity index (χ1v) is 10.8. The van der Waals surface area contributed by atoms with Crippen molar-refractivity contribution in [3.8, 4) is 0 Å². The predicted molar refractivity (Wildman–Crippen MR) is 131 cm³/mol. The van der Waals surface area contributed by atoms with Crippen LogP contribution in [-0.4, -0.2) is 14.6 Å². The van der Waals surface area contributed by atoms with Crippen LogP contribution in [-0.2, 0) is 19.6 Å². The van der Waals surface area contributed by atoms with Gasteiger partial charge in [-0.15, -0.1) is 0 Å². The quantitative estimate of drug-likeness (QED) is 0.371. The number of rotatable bonds is 6. The van der Waals surface area contributed by atoms with Crippen molar-refractivity contribution in [1.82, 2.24) is 9.47 Å². The second-order valence-corrected chi connectivity index (χ2v) is 7.99. The summed E-state index contributed by atoms with van der Waals surface area (Å²) in [7, 11) is 0. The van der Waals surface area contributed by atoms with Gasteiger partial charge < -0.3 is 14.8 Å². The first-order valence-electron chi connectivity index (χ1n) is 10.4. The van der Waals surface area contributed by atoms with Crippen LogP contribution in [0.15, 0.2) is 85.1 Å². The van der Waals surface area contributed by atoms with Gasteiger partial charge in [-0.2, -0.15) is 0 Å². The van der Waals surface area contributed by atoms with Crippen molar-refractivity contribution in [2.75, 3.05) is 5.32 Å². The van der Waals surface area contributed by atoms with E-state index < -0.39 is 0 Å². The summed E-state index contributed by atoms with van der Waals surface area (Å²) >= 11 is 5.86. The molecule has 1 aromatic heterocycles. The minimum atomic E-state index is 0.734. The fourth-order valence-corrected chi connectivity index (χ4v) is 4.09. The lowest BCUT2D eigenvalue weighted by molar-refractivity contribution is 0.414. The Morgan fingerprint density at radius 1 is 0.933 bits per heavy atom. The van der Waals surface area contributed by atoms with E-state index in [4.69, 9.17) is 12.2 Å². The summed E-state index contributed by atoms with van der Waals surface area (Å²) < 4.78 is 2.31. The molecule has 152 valence electrons. The topological polar surface area (TPSA) is 20.2 Å². The standard InChI is InChI=1S/C26H27N3S/c1-3-28-18-22(24-14-7-8-15-25(24)28)19-29(17-21-11-5-4-6-12-21)26(30)27-23-13-9-10-20(2)16-23/h4-16,18H,3,17,19H2,1-2H3,(H,27,30). The van der Waals surface area contributed by atoms with E-state index >= 15 is 0 Å². The van der Waals surface area contributed by atoms with Gasteiger partial charge in [-0.05, 0) is 61.0 Å². The maximum atomic E-state index is 5.86. The van der Waals surface area contributed by atoms with Crippen LogP contribution in [0.3, 0.4) is 0 Å². The third-order valence-electron chi connectivity index (χ3n) is 5.35. The summed E-state index contributed by atoms with van der Waals surface area (Å²) in [6, 6.07) is 27.4. The van der Waals surface area contributed by atoms with Crippen molar-refractivity contribution in [3.63, 3.8) is 0 Å². The van der Waals surface area contributed by atoms with Gasteiger partial charge in [0.1, 0.15) is 0 Å². The van der Waals surface area contributed by atoms with Gasteiger partial charge in [0.05, 0.1) is 0 Å². The highest BCUT2D eigenvalue weighted by molar-refractivity contribution is 7.80. The van der Waals surface area contributed by atoms with E-state index in [1.165, 1.54) is 27.6 Å². The van der Waals surface area contributed by atoms with Gasteiger partial charge in [-0.25, -0.2) is 0 Å². The van der Waals surface area contributed by atoms with Crippen molar-refractivity contribution in [2.45, 2.75) is 33.5 Å². The van der Waals surface area contributed by atoms with Gasteiger partial charge in [0.2, 0.25) is 0 Å². The smallest absolute Gasteiger partial charge is 0.174 e. The van der Waals surface area contributed by atoms with Gasteiger partial charge in [0.25, 0.3) is 0 Å². The highest BCUT2D eigenvalue weighted by Crippen LogP contribution is 2.24. The normalized spacial score (nSPS) is 10.9. The number of nitrogens with zero attached hydrogens (tertiary/aromatic N) is 2. The predicted octanol–water partition coefficient (Wildman–Crippen LogP) is 6.37. The van der Waals surface area contributed by atoms with Crippen molar-refractivity contribution in [2.24, 2.45) is 0 Å². The van der Waals surface area contributed by atoms with Gasteiger partial charge >= 0.3 is 0 Å². The molecule has 3 aromatic carbocycles. The summed E-state index contributed by atoms with van der Waals surface area (Å²) in [5, 5.41) is 5.46. The van der Waals surface area contributed by atoms with Crippen molar-refractivity contribution >= 4 is 33.9 Å². The Balaban J connectivity index is 1.64. The number of benzene rings is 3. The van der Waals surface area contributed by atoms with Gasteiger partial charge in [-0.3, -0.25) is 0 Å². The van der Waals surface area contributed by atoms with E-state index in [1.807, 2.05) is 6.07 Å². The lowest BCUT2D eigenvalue weighted by Gasteiger charge is -2.26. The number of aryl methyl sites for hydroxylation is 2. The van der Waals surface area contributed by atoms with Gasteiger partial charge in [-0.1, -0.05) is 60.7 Å². The molecular formula is C26H27N3S. The number of para-hydroxylation sites is 1. The summed E-state index contributed by atoms with van der Waals surface area (Å²) in [6.07, 6.45) is 2.26. The molecule has 0 saturated carbocycles. The van der Waals surface area contributed by atoms with Gasteiger partial charge in [0, 0.05) is 42.4 Å². The molecule has 3 nitrogen and oxygen atoms in total. The average Bonchev–Trinajstić information content (AvgIpc) is 3.12. The molecular weight excluding hydrogens is 386 g/mol. The van der Waals surface area contributed by atoms with Crippen LogP contribution in [0.5, 0.6) is 0 Å². The third-order valence-corrected chi connectivity index (χ3v) is 5.71. The minimum absolute atomic E-state index is 0.734. The molecule has 0 aliphatic carbocycles. The van der Waals surface area contributed by atoms with Crippen molar-refractivity contribution < 1.29 is 0 Å². The second-order valence-electron chi connectivity index (χ2n) is 7.60. The maximum absolute atomic E-state index is 5.86. The summed E-state index contributed by atoms with van der Waals surface area (Å²) in [6.45, 7) is 6.73. The molecule has 0 atom stereocenters. The van der Waals surface area contributed by atoms with Crippen LogP contribution in [0.4, 0.5) is 5.69 Å². The zero-order valence-electron chi connectivity index (χ0n) is 17.5. The molecule has 0 unspecified atom stereocenters. The number of anilines is 1. The molecule has 4 aromatic rings. The molecule has 4 rings (SSSR count). The monoisotopic (exact) mass is 413 g/mol. The van der Waals surface area contributed by atoms with Crippen LogP contribution in [0.1, 0.15) is 23.6 Å². The van der Waals surface area contributed by atoms with Crippen LogP contribution in [0, 0.1) is 6.92 Å². The Morgan fingerprint density at radius 2 is 1.70 bits per heavy atom. The molecule has 0 fully saturated rings. The SMILES string of the molecule is CCn1cc(CN(Cc2ccccc2)C(=S)Nc2cccc(C)c2)c2ccccc21. The number of aromatic nitrogens is 1. The molecule has 0 radical (unpaired) electrons. The zero-order valence-corrected chi connectivity index (χ0v) is 18.3. The molecule has 0 bridgehead atoms. The molecule has 0 aliphatic rings. The number of hydrogen-bond acceptors (Lipinski definition) is 1. The zero-order chi connectivity index (χ0) is 20.9. The third kappa shape index (κ3) is 4.55. The fraction of sp³-hybridized carbons (Fsp3) is 0.192. The van der Waals surface area contributed by atoms with E-state index in [9.17, 15) is 0 Å². The second kappa shape index (κ2) is 9.14. The molecule has 1 N–H and O–H groups in total. The van der Waals surface area contributed by atoms with Crippen LogP contribution >= 0.6 is 12.2 Å². The average molecular weight is 414 g/mol. The molecule has 4 heteroatoms. The minimum Gasteiger partial charge on any atom is -0.347 e. The Morgan fingerprint density at radius 3 is 2.47 bits per heavy atom. The molecule has 0 aliphatic heterocycles. The van der Waals surface area contributed by atoms with Crippen LogP contribution in [0.2, 0.25) is 0 Å². The Kier molecular flexibility index (Phi) is 6.15. The summed E-state index contributed by atoms with van der Waals surface area (Å²) in [5.74, 6) is 0. The number of thiocarbonyl (C=S) groups is 1. The molecule has 0 spiro atoms. The van der Waals surface area contributed by atoms with Crippen molar-refractivity contribution in [1.29, 1.82) is 0 Å². The number of fused-ring (bicyclic) bond motifs is 1. The highest BCUT2D eigenvalue weighted by Gasteiger charge is 2.15. The largest absolute Gasteiger partial charge is 0.347 e. The van der Waals surface area contributed by atoms with E-state index in [1.54, 1.807) is 0 Å². The Hall–Kier alpha value is -3.11. The Bertz CT molecular complexity index is 1150. The lowest BCUT2D eigenvalue weighted by atomic mass is 10.1. The molecule has 30 heavy (non-hydrogen) atoms. The first-order chi connectivity index (χ1) is 14.6. The maximum Gasteiger partial charge on any atom is 0.174 e. The number of nitrogens with one attached hydrogen (secondary N) is 1. The highest BCUT2D eigenvalue weighted by atomic mass is 32.1. The Labute approximate surface area is 184 Å².